The monoisotopic (exact) mass is 365 g/mol. The first-order chi connectivity index (χ1) is 13.0. The molecule has 1 N–H and O–H groups in total. The average Bonchev–Trinajstić information content (AvgIpc) is 3.44. The lowest BCUT2D eigenvalue weighted by Gasteiger charge is -2.26. The van der Waals surface area contributed by atoms with Gasteiger partial charge in [-0.3, -0.25) is 14.5 Å². The van der Waals surface area contributed by atoms with Crippen LogP contribution in [0.15, 0.2) is 54.6 Å². The number of rotatable bonds is 8. The molecule has 0 atom stereocenters. The Morgan fingerprint density at radius 2 is 1.78 bits per heavy atom. The number of likely N-dealkylation sites (N-methyl/N-ethyl adjacent to an activating group) is 1. The van der Waals surface area contributed by atoms with Crippen molar-refractivity contribution in [3.05, 3.63) is 65.7 Å². The quantitative estimate of drug-likeness (QED) is 0.783. The second-order valence-electron chi connectivity index (χ2n) is 7.32. The van der Waals surface area contributed by atoms with Crippen molar-refractivity contribution in [1.82, 2.24) is 10.2 Å². The van der Waals surface area contributed by atoms with Gasteiger partial charge < -0.3 is 10.2 Å². The molecule has 5 heteroatoms. The fraction of sp³-hybridized carbons (Fsp3) is 0.364. The highest BCUT2D eigenvalue weighted by Gasteiger charge is 2.24. The normalized spacial score (nSPS) is 13.4. The molecule has 142 valence electrons. The Kier molecular flexibility index (Phi) is 6.24. The molecule has 0 aliphatic heterocycles. The van der Waals surface area contributed by atoms with Crippen LogP contribution in [0.1, 0.15) is 24.0 Å². The van der Waals surface area contributed by atoms with Gasteiger partial charge in [0.25, 0.3) is 0 Å². The Bertz CT molecular complexity index is 787. The Labute approximate surface area is 161 Å². The lowest BCUT2D eigenvalue weighted by atomic mass is 10.1. The lowest BCUT2D eigenvalue weighted by Crippen LogP contribution is -2.43. The summed E-state index contributed by atoms with van der Waals surface area (Å²) in [5.41, 5.74) is 3.05. The van der Waals surface area contributed by atoms with Crippen molar-refractivity contribution in [2.45, 2.75) is 32.4 Å². The average molecular weight is 365 g/mol. The summed E-state index contributed by atoms with van der Waals surface area (Å²) in [5, 5.41) is 2.96. The van der Waals surface area contributed by atoms with Gasteiger partial charge in [0.2, 0.25) is 11.8 Å². The van der Waals surface area contributed by atoms with Crippen molar-refractivity contribution in [2.75, 3.05) is 25.0 Å². The number of amides is 2. The number of carbonyl (C=O) groups excluding carboxylic acids is 2. The number of hydrogen-bond acceptors (Lipinski definition) is 3. The Morgan fingerprint density at radius 3 is 2.44 bits per heavy atom. The summed E-state index contributed by atoms with van der Waals surface area (Å²) in [4.78, 5) is 28.6. The molecule has 0 heterocycles. The summed E-state index contributed by atoms with van der Waals surface area (Å²) < 4.78 is 0. The first-order valence-electron chi connectivity index (χ1n) is 9.40. The van der Waals surface area contributed by atoms with Gasteiger partial charge in [-0.2, -0.15) is 0 Å². The number of nitrogens with zero attached hydrogens (tertiary/aromatic N) is 2. The SMILES string of the molecule is Cc1cccc(N(Cc2ccccc2)C(=O)CN(C)CC(=O)NC2CC2)c1. The number of anilines is 1. The minimum atomic E-state index is -0.0221. The van der Waals surface area contributed by atoms with Crippen molar-refractivity contribution in [3.8, 4) is 0 Å². The summed E-state index contributed by atoms with van der Waals surface area (Å²) >= 11 is 0. The van der Waals surface area contributed by atoms with Crippen LogP contribution in [0, 0.1) is 6.92 Å². The minimum absolute atomic E-state index is 0.0158. The molecule has 0 unspecified atom stereocenters. The summed E-state index contributed by atoms with van der Waals surface area (Å²) in [6.07, 6.45) is 2.12. The highest BCUT2D eigenvalue weighted by atomic mass is 16.2. The molecule has 1 fully saturated rings. The molecule has 2 amide bonds. The van der Waals surface area contributed by atoms with Crippen molar-refractivity contribution in [3.63, 3.8) is 0 Å². The molecule has 1 aliphatic rings. The lowest BCUT2D eigenvalue weighted by molar-refractivity contribution is -0.123. The third-order valence-corrected chi connectivity index (χ3v) is 4.56. The molecule has 0 bridgehead atoms. The van der Waals surface area contributed by atoms with E-state index >= 15 is 0 Å². The van der Waals surface area contributed by atoms with Gasteiger partial charge in [-0.15, -0.1) is 0 Å². The zero-order valence-electron chi connectivity index (χ0n) is 16.0. The Hall–Kier alpha value is -2.66. The Morgan fingerprint density at radius 1 is 1.04 bits per heavy atom. The van der Waals surface area contributed by atoms with E-state index in [1.807, 2.05) is 61.5 Å². The zero-order chi connectivity index (χ0) is 19.2. The van der Waals surface area contributed by atoms with E-state index in [2.05, 4.69) is 5.32 Å². The highest BCUT2D eigenvalue weighted by molar-refractivity contribution is 5.95. The number of hydrogen-bond donors (Lipinski definition) is 1. The van der Waals surface area contributed by atoms with Crippen LogP contribution in [0.25, 0.3) is 0 Å². The maximum atomic E-state index is 13.0. The van der Waals surface area contributed by atoms with Crippen LogP contribution in [0.3, 0.4) is 0 Å². The summed E-state index contributed by atoms with van der Waals surface area (Å²) in [6, 6.07) is 18.2. The van der Waals surface area contributed by atoms with Crippen LogP contribution in [0.2, 0.25) is 0 Å². The zero-order valence-corrected chi connectivity index (χ0v) is 16.0. The third kappa shape index (κ3) is 5.93. The van der Waals surface area contributed by atoms with E-state index in [1.54, 1.807) is 16.8 Å². The number of aryl methyl sites for hydroxylation is 1. The molecular weight excluding hydrogens is 338 g/mol. The van der Waals surface area contributed by atoms with Crippen LogP contribution in [-0.4, -0.2) is 42.9 Å². The molecule has 0 radical (unpaired) electrons. The summed E-state index contributed by atoms with van der Waals surface area (Å²) in [7, 11) is 1.81. The van der Waals surface area contributed by atoms with Gasteiger partial charge in [0.1, 0.15) is 0 Å². The van der Waals surface area contributed by atoms with E-state index in [-0.39, 0.29) is 24.9 Å². The minimum Gasteiger partial charge on any atom is -0.352 e. The molecular formula is C22H27N3O2. The first kappa shape index (κ1) is 19.1. The molecule has 2 aromatic rings. The van der Waals surface area contributed by atoms with Gasteiger partial charge in [-0.05, 0) is 50.1 Å². The van der Waals surface area contributed by atoms with E-state index in [0.29, 0.717) is 12.6 Å². The van der Waals surface area contributed by atoms with Crippen molar-refractivity contribution in [1.29, 1.82) is 0 Å². The molecule has 27 heavy (non-hydrogen) atoms. The van der Waals surface area contributed by atoms with Crippen molar-refractivity contribution in [2.24, 2.45) is 0 Å². The van der Waals surface area contributed by atoms with E-state index in [1.165, 1.54) is 0 Å². The fourth-order valence-corrected chi connectivity index (χ4v) is 3.00. The molecule has 0 aromatic heterocycles. The molecule has 0 spiro atoms. The van der Waals surface area contributed by atoms with Crippen molar-refractivity contribution < 1.29 is 9.59 Å². The van der Waals surface area contributed by atoms with E-state index in [9.17, 15) is 9.59 Å². The van der Waals surface area contributed by atoms with Crippen LogP contribution < -0.4 is 10.2 Å². The second-order valence-corrected chi connectivity index (χ2v) is 7.32. The maximum Gasteiger partial charge on any atom is 0.241 e. The smallest absolute Gasteiger partial charge is 0.241 e. The number of nitrogens with one attached hydrogen (secondary N) is 1. The molecule has 2 aromatic carbocycles. The van der Waals surface area contributed by atoms with Crippen LogP contribution in [-0.2, 0) is 16.1 Å². The largest absolute Gasteiger partial charge is 0.352 e. The summed E-state index contributed by atoms with van der Waals surface area (Å²) in [6.45, 7) is 2.95. The van der Waals surface area contributed by atoms with E-state index in [4.69, 9.17) is 0 Å². The predicted molar refractivity (Wildman–Crippen MR) is 107 cm³/mol. The molecule has 1 aliphatic carbocycles. The van der Waals surface area contributed by atoms with Crippen LogP contribution in [0.4, 0.5) is 5.69 Å². The first-order valence-corrected chi connectivity index (χ1v) is 9.40. The van der Waals surface area contributed by atoms with Crippen LogP contribution >= 0.6 is 0 Å². The molecule has 3 rings (SSSR count). The predicted octanol–water partition coefficient (Wildman–Crippen LogP) is 2.74. The standard InChI is InChI=1S/C22H27N3O2/c1-17-7-6-10-20(13-17)25(14-18-8-4-3-5-9-18)22(27)16-24(2)15-21(26)23-19-11-12-19/h3-10,13,19H,11-12,14-16H2,1-2H3,(H,23,26). The topological polar surface area (TPSA) is 52.7 Å². The van der Waals surface area contributed by atoms with E-state index in [0.717, 1.165) is 29.7 Å². The number of benzene rings is 2. The summed E-state index contributed by atoms with van der Waals surface area (Å²) in [5.74, 6) is -0.0378. The third-order valence-electron chi connectivity index (χ3n) is 4.56. The van der Waals surface area contributed by atoms with Crippen LogP contribution in [0.5, 0.6) is 0 Å². The van der Waals surface area contributed by atoms with Gasteiger partial charge in [0, 0.05) is 11.7 Å². The fourth-order valence-electron chi connectivity index (χ4n) is 3.00. The van der Waals surface area contributed by atoms with Gasteiger partial charge in [-0.1, -0.05) is 42.5 Å². The molecule has 5 nitrogen and oxygen atoms in total. The molecule has 0 saturated heterocycles. The van der Waals surface area contributed by atoms with Gasteiger partial charge in [-0.25, -0.2) is 0 Å². The van der Waals surface area contributed by atoms with Gasteiger partial charge in [0.15, 0.2) is 0 Å². The van der Waals surface area contributed by atoms with Crippen molar-refractivity contribution >= 4 is 17.5 Å². The molecule has 1 saturated carbocycles. The number of carbonyl (C=O) groups is 2. The van der Waals surface area contributed by atoms with E-state index < -0.39 is 0 Å². The highest BCUT2D eigenvalue weighted by Crippen LogP contribution is 2.20. The van der Waals surface area contributed by atoms with Gasteiger partial charge in [0.05, 0.1) is 19.6 Å². The van der Waals surface area contributed by atoms with Gasteiger partial charge >= 0.3 is 0 Å². The maximum absolute atomic E-state index is 13.0. The Balaban J connectivity index is 1.68. The second kappa shape index (κ2) is 8.82.